The van der Waals surface area contributed by atoms with E-state index in [2.05, 4.69) is 5.32 Å². The van der Waals surface area contributed by atoms with E-state index in [4.69, 9.17) is 23.2 Å². The lowest BCUT2D eigenvalue weighted by Gasteiger charge is -2.28. The maximum absolute atomic E-state index is 15.1. The number of halogens is 3. The summed E-state index contributed by atoms with van der Waals surface area (Å²) in [6, 6.07) is 15.2. The Balaban J connectivity index is 0.00000171. The highest BCUT2D eigenvalue weighted by Gasteiger charge is 2.24. The zero-order valence-corrected chi connectivity index (χ0v) is 19.1. The van der Waals surface area contributed by atoms with E-state index in [1.165, 1.54) is 12.1 Å². The van der Waals surface area contributed by atoms with E-state index in [9.17, 15) is 8.42 Å². The van der Waals surface area contributed by atoms with Crippen molar-refractivity contribution in [3.05, 3.63) is 87.2 Å². The summed E-state index contributed by atoms with van der Waals surface area (Å²) >= 11 is 12.2. The molecule has 4 rings (SSSR count). The predicted molar refractivity (Wildman–Crippen MR) is 124 cm³/mol. The van der Waals surface area contributed by atoms with Gasteiger partial charge in [0.1, 0.15) is 5.82 Å². The maximum Gasteiger partial charge on any atom is 0.175 e. The second-order valence-corrected chi connectivity index (χ2v) is 10.0. The van der Waals surface area contributed by atoms with Gasteiger partial charge in [0.25, 0.3) is 0 Å². The summed E-state index contributed by atoms with van der Waals surface area (Å²) in [6.07, 6.45) is 1.14. The molecule has 9 heteroatoms. The highest BCUT2D eigenvalue weighted by Crippen LogP contribution is 2.37. The van der Waals surface area contributed by atoms with Gasteiger partial charge < -0.3 is 16.9 Å². The van der Waals surface area contributed by atoms with Gasteiger partial charge in [-0.15, -0.1) is 0 Å². The molecule has 0 radical (unpaired) electrons. The van der Waals surface area contributed by atoms with Gasteiger partial charge in [-0.05, 0) is 58.7 Å². The van der Waals surface area contributed by atoms with Crippen LogP contribution in [0.1, 0.15) is 22.6 Å². The van der Waals surface area contributed by atoms with Crippen molar-refractivity contribution in [1.29, 1.82) is 0 Å². The second kappa shape index (κ2) is 9.65. The van der Waals surface area contributed by atoms with Gasteiger partial charge in [-0.25, -0.2) is 12.8 Å². The fourth-order valence-corrected chi connectivity index (χ4v) is 4.69. The van der Waals surface area contributed by atoms with Gasteiger partial charge in [-0.2, -0.15) is 0 Å². The summed E-state index contributed by atoms with van der Waals surface area (Å²) in [5.41, 5.74) is 3.73. The summed E-state index contributed by atoms with van der Waals surface area (Å²) in [5.74, 6) is -0.444. The Kier molecular flexibility index (Phi) is 7.86. The first-order valence-corrected chi connectivity index (χ1v) is 11.7. The molecule has 31 heavy (non-hydrogen) atoms. The van der Waals surface area contributed by atoms with Crippen LogP contribution in [0.15, 0.2) is 59.5 Å². The Bertz CT molecular complexity index is 1220. The van der Waals surface area contributed by atoms with Crippen LogP contribution in [0.5, 0.6) is 0 Å². The van der Waals surface area contributed by atoms with Gasteiger partial charge in [0.05, 0.1) is 14.9 Å². The maximum atomic E-state index is 15.1. The Hall–Kier alpha value is -2.00. The van der Waals surface area contributed by atoms with E-state index in [1.807, 2.05) is 12.1 Å². The molecule has 0 saturated carbocycles. The molecule has 1 unspecified atom stereocenters. The van der Waals surface area contributed by atoms with E-state index in [0.717, 1.165) is 22.9 Å². The van der Waals surface area contributed by atoms with E-state index < -0.39 is 9.84 Å². The molecule has 0 saturated heterocycles. The van der Waals surface area contributed by atoms with Crippen molar-refractivity contribution in [1.82, 2.24) is 11.5 Å². The minimum Gasteiger partial charge on any atom is -0.412 e. The predicted octanol–water partition coefficient (Wildman–Crippen LogP) is 4.78. The van der Waals surface area contributed by atoms with Gasteiger partial charge >= 0.3 is 0 Å². The Morgan fingerprint density at radius 1 is 1.03 bits per heavy atom. The average molecular weight is 485 g/mol. The van der Waals surface area contributed by atoms with Crippen LogP contribution in [0.4, 0.5) is 4.39 Å². The third-order valence-corrected chi connectivity index (χ3v) is 7.04. The molecule has 6 N–H and O–H groups in total. The minimum atomic E-state index is -3.37. The minimum absolute atomic E-state index is 0. The second-order valence-electron chi connectivity index (χ2n) is 7.19. The molecule has 0 spiro atoms. The standard InChI is InChI=1S/C22H18Cl2FNO2S.H3N.H2O/c1-29(27,28)16-4-2-3-13(7-16)18-8-15-11-26-12-19(17(15)10-22(18)25)14-5-6-20(23)21(24)9-14;;/h2-10,19,26H,11-12H2,1H3;1H3;1H2. The zero-order valence-electron chi connectivity index (χ0n) is 16.8. The summed E-state index contributed by atoms with van der Waals surface area (Å²) < 4.78 is 38.8. The average Bonchev–Trinajstić information content (AvgIpc) is 2.69. The molecule has 1 atom stereocenters. The molecular formula is C22H23Cl2FN2O3S. The normalized spacial score (nSPS) is 15.4. The van der Waals surface area contributed by atoms with Crippen LogP contribution in [0, 0.1) is 5.82 Å². The molecule has 0 aromatic heterocycles. The van der Waals surface area contributed by atoms with E-state index >= 15 is 4.39 Å². The fraction of sp³-hybridized carbons (Fsp3) is 0.182. The van der Waals surface area contributed by atoms with Gasteiger partial charge in [0.2, 0.25) is 0 Å². The van der Waals surface area contributed by atoms with Crippen LogP contribution in [-0.2, 0) is 16.4 Å². The molecule has 5 nitrogen and oxygen atoms in total. The number of sulfone groups is 1. The lowest BCUT2D eigenvalue weighted by molar-refractivity contribution is 0.576. The van der Waals surface area contributed by atoms with Gasteiger partial charge in [-0.1, -0.05) is 41.4 Å². The highest BCUT2D eigenvalue weighted by molar-refractivity contribution is 7.90. The summed E-state index contributed by atoms with van der Waals surface area (Å²) in [7, 11) is -3.37. The first-order chi connectivity index (χ1) is 13.7. The van der Waals surface area contributed by atoms with Crippen molar-refractivity contribution >= 4 is 33.0 Å². The first kappa shape index (κ1) is 25.3. The molecule has 3 aromatic carbocycles. The van der Waals surface area contributed by atoms with Crippen LogP contribution in [-0.4, -0.2) is 26.7 Å². The number of benzene rings is 3. The molecule has 0 bridgehead atoms. The SMILES string of the molecule is CS(=O)(=O)c1cccc(-c2cc3c(cc2F)C(c2ccc(Cl)c(Cl)c2)CNC3)c1.N.O. The Morgan fingerprint density at radius 3 is 2.45 bits per heavy atom. The molecule has 166 valence electrons. The smallest absolute Gasteiger partial charge is 0.175 e. The third-order valence-electron chi connectivity index (χ3n) is 5.19. The van der Waals surface area contributed by atoms with Gasteiger partial charge in [0.15, 0.2) is 9.84 Å². The highest BCUT2D eigenvalue weighted by atomic mass is 35.5. The quantitative estimate of drug-likeness (QED) is 0.556. The molecule has 0 amide bonds. The number of fused-ring (bicyclic) bond motifs is 1. The lowest BCUT2D eigenvalue weighted by atomic mass is 9.84. The topological polar surface area (TPSA) is 113 Å². The van der Waals surface area contributed by atoms with Gasteiger partial charge in [0, 0.05) is 30.8 Å². The van der Waals surface area contributed by atoms with Crippen molar-refractivity contribution in [3.63, 3.8) is 0 Å². The van der Waals surface area contributed by atoms with Crippen LogP contribution < -0.4 is 11.5 Å². The van der Waals surface area contributed by atoms with Crippen molar-refractivity contribution in [2.45, 2.75) is 17.4 Å². The van der Waals surface area contributed by atoms with Crippen molar-refractivity contribution < 1.29 is 18.3 Å². The number of rotatable bonds is 3. The zero-order chi connectivity index (χ0) is 20.8. The van der Waals surface area contributed by atoms with Crippen molar-refractivity contribution in [3.8, 4) is 11.1 Å². The van der Waals surface area contributed by atoms with Crippen molar-refractivity contribution in [2.75, 3.05) is 12.8 Å². The molecule has 0 fully saturated rings. The molecule has 1 aliphatic rings. The van der Waals surface area contributed by atoms with Crippen LogP contribution >= 0.6 is 23.2 Å². The summed E-state index contributed by atoms with van der Waals surface area (Å²) in [4.78, 5) is 0.166. The Morgan fingerprint density at radius 2 is 1.77 bits per heavy atom. The third kappa shape index (κ3) is 5.09. The number of nitrogens with one attached hydrogen (secondary N) is 1. The first-order valence-electron chi connectivity index (χ1n) is 9.02. The molecular weight excluding hydrogens is 462 g/mol. The Labute approximate surface area is 191 Å². The van der Waals surface area contributed by atoms with E-state index in [-0.39, 0.29) is 28.3 Å². The number of hydrogen-bond acceptors (Lipinski definition) is 4. The molecule has 1 aliphatic heterocycles. The molecule has 0 aliphatic carbocycles. The molecule has 1 heterocycles. The number of hydrogen-bond donors (Lipinski definition) is 2. The van der Waals surface area contributed by atoms with Crippen LogP contribution in [0.2, 0.25) is 10.0 Å². The largest absolute Gasteiger partial charge is 0.412 e. The van der Waals surface area contributed by atoms with Crippen LogP contribution in [0.3, 0.4) is 0 Å². The van der Waals surface area contributed by atoms with Gasteiger partial charge in [-0.3, -0.25) is 0 Å². The van der Waals surface area contributed by atoms with E-state index in [0.29, 0.717) is 34.3 Å². The summed E-state index contributed by atoms with van der Waals surface area (Å²) in [5, 5.41) is 4.31. The molecule has 3 aromatic rings. The van der Waals surface area contributed by atoms with Crippen LogP contribution in [0.25, 0.3) is 11.1 Å². The monoisotopic (exact) mass is 484 g/mol. The van der Waals surface area contributed by atoms with E-state index in [1.54, 1.807) is 30.3 Å². The fourth-order valence-electron chi connectivity index (χ4n) is 3.71. The van der Waals surface area contributed by atoms with Crippen molar-refractivity contribution in [2.24, 2.45) is 0 Å². The lowest BCUT2D eigenvalue weighted by Crippen LogP contribution is -2.29. The summed E-state index contributed by atoms with van der Waals surface area (Å²) in [6.45, 7) is 1.26.